The van der Waals surface area contributed by atoms with Gasteiger partial charge in [-0.3, -0.25) is 28.8 Å². The molecule has 9 nitrogen and oxygen atoms in total. The number of ketones is 3. The summed E-state index contributed by atoms with van der Waals surface area (Å²) in [4.78, 5) is 58.4. The molecule has 0 aromatic heterocycles. The molecule has 0 atom stereocenters. The summed E-state index contributed by atoms with van der Waals surface area (Å²) in [6, 6.07) is 0. The second-order valence-electron chi connectivity index (χ2n) is 4.52. The van der Waals surface area contributed by atoms with E-state index in [2.05, 4.69) is 13.8 Å². The van der Waals surface area contributed by atoms with Crippen LogP contribution in [0.25, 0.3) is 0 Å². The summed E-state index contributed by atoms with van der Waals surface area (Å²) in [7, 11) is 0. The lowest BCUT2D eigenvalue weighted by molar-refractivity contribution is -0.141. The van der Waals surface area contributed by atoms with Crippen LogP contribution in [-0.4, -0.2) is 50.6 Å². The molecule has 0 heterocycles. The van der Waals surface area contributed by atoms with Crippen molar-refractivity contribution in [3.63, 3.8) is 0 Å². The Morgan fingerprint density at radius 1 is 0.542 bits per heavy atom. The van der Waals surface area contributed by atoms with E-state index in [0.717, 1.165) is 0 Å². The number of hydrogen-bond acceptors (Lipinski definition) is 6. The van der Waals surface area contributed by atoms with E-state index in [1.165, 1.54) is 27.2 Å². The lowest BCUT2D eigenvalue weighted by Crippen LogP contribution is -2.00. The van der Waals surface area contributed by atoms with Crippen LogP contribution < -0.4 is 0 Å². The van der Waals surface area contributed by atoms with Crippen molar-refractivity contribution in [3.8, 4) is 0 Å². The van der Waals surface area contributed by atoms with Crippen LogP contribution in [0.1, 0.15) is 60.3 Å². The van der Waals surface area contributed by atoms with Gasteiger partial charge < -0.3 is 15.3 Å². The quantitative estimate of drug-likeness (QED) is 0.603. The Balaban J connectivity index is -0.000000115. The van der Waals surface area contributed by atoms with Gasteiger partial charge in [-0.2, -0.15) is 0 Å². The van der Waals surface area contributed by atoms with Gasteiger partial charge in [0.1, 0.15) is 36.6 Å². The van der Waals surface area contributed by atoms with Crippen molar-refractivity contribution in [2.45, 2.75) is 60.3 Å². The third kappa shape index (κ3) is 74.3. The van der Waals surface area contributed by atoms with E-state index in [-0.39, 0.29) is 36.6 Å². The van der Waals surface area contributed by atoms with Gasteiger partial charge in [-0.1, -0.05) is 20.3 Å². The Kier molecular flexibility index (Phi) is 25.0. The molecule has 0 aliphatic heterocycles. The van der Waals surface area contributed by atoms with E-state index in [4.69, 9.17) is 15.3 Å². The van der Waals surface area contributed by atoms with Crippen molar-refractivity contribution < 1.29 is 44.1 Å². The van der Waals surface area contributed by atoms with E-state index in [1.54, 1.807) is 0 Å². The number of carbonyl (C=O) groups is 6. The van der Waals surface area contributed by atoms with Gasteiger partial charge >= 0.3 is 17.9 Å². The zero-order chi connectivity index (χ0) is 20.3. The highest BCUT2D eigenvalue weighted by Gasteiger charge is 1.99. The topological polar surface area (TPSA) is 163 Å². The first-order valence-corrected chi connectivity index (χ1v) is 6.93. The van der Waals surface area contributed by atoms with Crippen LogP contribution in [0.4, 0.5) is 0 Å². The normalized spacial score (nSPS) is 7.88. The molecule has 0 aliphatic rings. The standard InChI is InChI=1S/3C4H6O3.C3H8/c3*1-3(5)2-4(6)7;1-3-2/h3*2H2,1H3,(H,6,7);3H2,1-2H3. The number of hydrogen-bond donors (Lipinski definition) is 3. The number of carboxylic acid groups (broad SMARTS) is 3. The summed E-state index contributed by atoms with van der Waals surface area (Å²) in [5, 5.41) is 23.6. The van der Waals surface area contributed by atoms with Crippen LogP contribution in [0.3, 0.4) is 0 Å². The van der Waals surface area contributed by atoms with Crippen molar-refractivity contribution in [1.82, 2.24) is 0 Å². The molecule has 0 aliphatic carbocycles. The summed E-state index contributed by atoms with van der Waals surface area (Å²) >= 11 is 0. The van der Waals surface area contributed by atoms with Crippen LogP contribution in [0.2, 0.25) is 0 Å². The van der Waals surface area contributed by atoms with Crippen LogP contribution in [0.5, 0.6) is 0 Å². The summed E-state index contributed by atoms with van der Waals surface area (Å²) in [5.41, 5.74) is 0. The van der Waals surface area contributed by atoms with E-state index >= 15 is 0 Å². The Morgan fingerprint density at radius 2 is 0.667 bits per heavy atom. The molecule has 0 unspecified atom stereocenters. The predicted molar refractivity (Wildman–Crippen MR) is 84.8 cm³/mol. The first-order valence-electron chi connectivity index (χ1n) is 6.93. The third-order valence-corrected chi connectivity index (χ3v) is 1.20. The molecular formula is C15H26O9. The van der Waals surface area contributed by atoms with Gasteiger partial charge in [0.15, 0.2) is 0 Å². The SMILES string of the molecule is CC(=O)CC(=O)O.CC(=O)CC(=O)O.CC(=O)CC(=O)O.CCC. The van der Waals surface area contributed by atoms with E-state index in [9.17, 15) is 28.8 Å². The van der Waals surface area contributed by atoms with Gasteiger partial charge in [0.05, 0.1) is 0 Å². The summed E-state index contributed by atoms with van der Waals surface area (Å²) in [6.07, 6.45) is 0.167. The maximum absolute atomic E-state index is 9.87. The average molecular weight is 350 g/mol. The lowest BCUT2D eigenvalue weighted by atomic mass is 10.3. The lowest BCUT2D eigenvalue weighted by Gasteiger charge is -1.80. The van der Waals surface area contributed by atoms with Crippen LogP contribution in [0.15, 0.2) is 0 Å². The fourth-order valence-electron chi connectivity index (χ4n) is 0.639. The third-order valence-electron chi connectivity index (χ3n) is 1.20. The largest absolute Gasteiger partial charge is 0.481 e. The highest BCUT2D eigenvalue weighted by atomic mass is 16.4. The molecule has 24 heavy (non-hydrogen) atoms. The first-order chi connectivity index (χ1) is 10.8. The van der Waals surface area contributed by atoms with E-state index in [0.29, 0.717) is 0 Å². The smallest absolute Gasteiger partial charge is 0.310 e. The van der Waals surface area contributed by atoms with Gasteiger partial charge in [-0.15, -0.1) is 0 Å². The molecule has 0 aromatic rings. The Bertz CT molecular complexity index is 327. The predicted octanol–water partition coefficient (Wildman–Crippen LogP) is 1.57. The van der Waals surface area contributed by atoms with Crippen molar-refractivity contribution in [1.29, 1.82) is 0 Å². The number of Topliss-reactive ketones (excluding diaryl/α,β-unsaturated/α-hetero) is 3. The molecule has 0 aromatic carbocycles. The molecule has 3 N–H and O–H groups in total. The van der Waals surface area contributed by atoms with Gasteiger partial charge in [-0.05, 0) is 20.8 Å². The Hall–Kier alpha value is -2.58. The van der Waals surface area contributed by atoms with Crippen LogP contribution in [0, 0.1) is 0 Å². The van der Waals surface area contributed by atoms with E-state index < -0.39 is 17.9 Å². The fourth-order valence-corrected chi connectivity index (χ4v) is 0.639. The van der Waals surface area contributed by atoms with Crippen molar-refractivity contribution in [3.05, 3.63) is 0 Å². The number of aliphatic carboxylic acids is 3. The van der Waals surface area contributed by atoms with Crippen molar-refractivity contribution in [2.75, 3.05) is 0 Å². The second-order valence-corrected chi connectivity index (χ2v) is 4.52. The van der Waals surface area contributed by atoms with Crippen molar-refractivity contribution >= 4 is 35.3 Å². The van der Waals surface area contributed by atoms with Gasteiger partial charge in [-0.25, -0.2) is 0 Å². The van der Waals surface area contributed by atoms with Crippen LogP contribution >= 0.6 is 0 Å². The average Bonchev–Trinajstić information content (AvgIpc) is 2.24. The van der Waals surface area contributed by atoms with Gasteiger partial charge in [0, 0.05) is 0 Å². The maximum atomic E-state index is 9.87. The minimum absolute atomic E-state index is 0.312. The van der Waals surface area contributed by atoms with E-state index in [1.807, 2.05) is 0 Å². The molecule has 9 heteroatoms. The molecule has 140 valence electrons. The Labute approximate surface area is 140 Å². The molecule has 0 saturated carbocycles. The molecule has 0 saturated heterocycles. The minimum Gasteiger partial charge on any atom is -0.481 e. The zero-order valence-electron chi connectivity index (χ0n) is 14.6. The molecule has 0 fully saturated rings. The highest BCUT2D eigenvalue weighted by Crippen LogP contribution is 1.78. The van der Waals surface area contributed by atoms with Crippen molar-refractivity contribution in [2.24, 2.45) is 0 Å². The molecule has 0 amide bonds. The monoisotopic (exact) mass is 350 g/mol. The molecule has 0 spiro atoms. The van der Waals surface area contributed by atoms with Gasteiger partial charge in [0.2, 0.25) is 0 Å². The number of rotatable bonds is 6. The highest BCUT2D eigenvalue weighted by molar-refractivity contribution is 5.93. The minimum atomic E-state index is -1.06. The van der Waals surface area contributed by atoms with Gasteiger partial charge in [0.25, 0.3) is 0 Å². The molecule has 0 bridgehead atoms. The summed E-state index contributed by atoms with van der Waals surface area (Å²) in [5.74, 6) is -4.12. The fraction of sp³-hybridized carbons (Fsp3) is 0.600. The van der Waals surface area contributed by atoms with Crippen LogP contribution in [-0.2, 0) is 28.8 Å². The second kappa shape index (κ2) is 20.4. The zero-order valence-corrected chi connectivity index (χ0v) is 14.6. The molecule has 0 rings (SSSR count). The summed E-state index contributed by atoms with van der Waals surface area (Å²) in [6.45, 7) is 7.98. The molecular weight excluding hydrogens is 324 g/mol. The number of carboxylic acids is 3. The first kappa shape index (κ1) is 29.4. The maximum Gasteiger partial charge on any atom is 0.310 e. The summed E-state index contributed by atoms with van der Waals surface area (Å²) < 4.78 is 0. The molecule has 0 radical (unpaired) electrons. The Morgan fingerprint density at radius 3 is 0.667 bits per heavy atom. The number of carbonyl (C=O) groups excluding carboxylic acids is 3.